The van der Waals surface area contributed by atoms with E-state index in [-0.39, 0.29) is 5.91 Å². The van der Waals surface area contributed by atoms with Gasteiger partial charge in [0.05, 0.1) is 15.5 Å². The van der Waals surface area contributed by atoms with Crippen LogP contribution in [0.2, 0.25) is 5.02 Å². The number of nitriles is 1. The Balaban J connectivity index is 1.87. The number of thiophene rings is 1. The molecule has 0 bridgehead atoms. The van der Waals surface area contributed by atoms with Gasteiger partial charge in [0.2, 0.25) is 0 Å². The largest absolute Gasteiger partial charge is 0.321 e. The smallest absolute Gasteiger partial charge is 0.266 e. The van der Waals surface area contributed by atoms with Gasteiger partial charge in [-0.25, -0.2) is 0 Å². The van der Waals surface area contributed by atoms with Crippen LogP contribution in [0.3, 0.4) is 0 Å². The summed E-state index contributed by atoms with van der Waals surface area (Å²) in [5.41, 5.74) is 4.02. The predicted molar refractivity (Wildman–Crippen MR) is 98.6 cm³/mol. The van der Waals surface area contributed by atoms with Gasteiger partial charge in [-0.2, -0.15) is 5.26 Å². The van der Waals surface area contributed by atoms with Crippen molar-refractivity contribution in [1.29, 1.82) is 5.26 Å². The van der Waals surface area contributed by atoms with Crippen LogP contribution in [0.1, 0.15) is 20.8 Å². The Morgan fingerprint density at radius 1 is 1.17 bits per heavy atom. The molecule has 1 aromatic heterocycles. The minimum Gasteiger partial charge on any atom is -0.321 e. The molecule has 1 N–H and O–H groups in total. The maximum absolute atomic E-state index is 12.6. The number of anilines is 1. The molecule has 118 valence electrons. The summed E-state index contributed by atoms with van der Waals surface area (Å²) in [4.78, 5) is 13.2. The van der Waals surface area contributed by atoms with E-state index in [1.54, 1.807) is 18.2 Å². The van der Waals surface area contributed by atoms with Crippen molar-refractivity contribution in [2.24, 2.45) is 0 Å². The quantitative estimate of drug-likeness (QED) is 0.676. The third-order valence-electron chi connectivity index (χ3n) is 3.58. The molecule has 0 spiro atoms. The highest BCUT2D eigenvalue weighted by Crippen LogP contribution is 2.30. The van der Waals surface area contributed by atoms with Crippen molar-refractivity contribution < 1.29 is 4.79 Å². The van der Waals surface area contributed by atoms with Crippen molar-refractivity contribution in [3.05, 3.63) is 74.9 Å². The normalized spacial score (nSPS) is 10.2. The Labute approximate surface area is 149 Å². The molecule has 0 aliphatic rings. The second-order valence-corrected chi connectivity index (χ2v) is 6.61. The van der Waals surface area contributed by atoms with Crippen molar-refractivity contribution in [2.75, 3.05) is 5.32 Å². The number of amides is 1. The number of benzene rings is 2. The van der Waals surface area contributed by atoms with Gasteiger partial charge in [0, 0.05) is 11.3 Å². The first kappa shape index (κ1) is 16.3. The molecule has 0 aliphatic carbocycles. The van der Waals surface area contributed by atoms with E-state index in [2.05, 4.69) is 5.32 Å². The van der Waals surface area contributed by atoms with Crippen LogP contribution in [0.15, 0.2) is 53.9 Å². The Morgan fingerprint density at radius 3 is 2.58 bits per heavy atom. The summed E-state index contributed by atoms with van der Waals surface area (Å²) in [5.74, 6) is -0.193. The zero-order chi connectivity index (χ0) is 17.1. The molecule has 0 atom stereocenters. The summed E-state index contributed by atoms with van der Waals surface area (Å²) in [5, 5.41) is 14.0. The van der Waals surface area contributed by atoms with E-state index in [4.69, 9.17) is 16.9 Å². The summed E-state index contributed by atoms with van der Waals surface area (Å²) in [6, 6.07) is 16.8. The van der Waals surface area contributed by atoms with Crippen LogP contribution in [0.4, 0.5) is 5.69 Å². The molecule has 1 amide bonds. The van der Waals surface area contributed by atoms with Gasteiger partial charge in [-0.05, 0) is 42.1 Å². The number of carbonyl (C=O) groups is 1. The monoisotopic (exact) mass is 352 g/mol. The minimum atomic E-state index is -0.193. The molecule has 0 saturated carbocycles. The molecule has 24 heavy (non-hydrogen) atoms. The van der Waals surface area contributed by atoms with E-state index in [1.165, 1.54) is 16.9 Å². The maximum Gasteiger partial charge on any atom is 0.266 e. The number of hydrogen-bond acceptors (Lipinski definition) is 3. The summed E-state index contributed by atoms with van der Waals surface area (Å²) >= 11 is 7.40. The number of hydrogen-bond donors (Lipinski definition) is 1. The highest BCUT2D eigenvalue weighted by Gasteiger charge is 2.15. The molecule has 3 aromatic rings. The van der Waals surface area contributed by atoms with Gasteiger partial charge in [0.1, 0.15) is 6.07 Å². The molecule has 3 nitrogen and oxygen atoms in total. The molecular formula is C19H13ClN2OS. The van der Waals surface area contributed by atoms with Gasteiger partial charge in [0.15, 0.2) is 0 Å². The lowest BCUT2D eigenvalue weighted by atomic mass is 10.0. The zero-order valence-electron chi connectivity index (χ0n) is 12.8. The second kappa shape index (κ2) is 6.88. The van der Waals surface area contributed by atoms with Gasteiger partial charge in [-0.15, -0.1) is 11.3 Å². The number of aryl methyl sites for hydroxylation is 1. The molecule has 0 aliphatic heterocycles. The number of rotatable bonds is 3. The van der Waals surface area contributed by atoms with E-state index in [9.17, 15) is 4.79 Å². The number of halogens is 1. The predicted octanol–water partition coefficient (Wildman–Crippen LogP) is 5.50. The zero-order valence-corrected chi connectivity index (χ0v) is 14.4. The van der Waals surface area contributed by atoms with Crippen LogP contribution in [0.5, 0.6) is 0 Å². The summed E-state index contributed by atoms with van der Waals surface area (Å²) in [6.07, 6.45) is 0. The minimum absolute atomic E-state index is 0.193. The molecule has 2 aromatic carbocycles. The Kier molecular flexibility index (Phi) is 4.66. The fourth-order valence-corrected chi connectivity index (χ4v) is 3.35. The van der Waals surface area contributed by atoms with E-state index in [0.717, 1.165) is 11.1 Å². The topological polar surface area (TPSA) is 52.9 Å². The number of nitrogens with one attached hydrogen (secondary N) is 1. The molecular weight excluding hydrogens is 340 g/mol. The molecule has 1 heterocycles. The maximum atomic E-state index is 12.6. The molecule has 0 saturated heterocycles. The SMILES string of the molecule is Cc1ccc(-c2ccsc2C(=O)Nc2ccc(C#N)c(Cl)c2)cc1. The van der Waals surface area contributed by atoms with Crippen LogP contribution in [0, 0.1) is 18.3 Å². The standard InChI is InChI=1S/C19H13ClN2OS/c1-12-2-4-13(5-3-12)16-8-9-24-18(16)19(23)22-15-7-6-14(11-21)17(20)10-15/h2-10H,1H3,(H,22,23). The highest BCUT2D eigenvalue weighted by atomic mass is 35.5. The van der Waals surface area contributed by atoms with Gasteiger partial charge in [0.25, 0.3) is 5.91 Å². The van der Waals surface area contributed by atoms with Gasteiger partial charge in [-0.3, -0.25) is 4.79 Å². The lowest BCUT2D eigenvalue weighted by molar-refractivity contribution is 0.103. The Bertz CT molecular complexity index is 939. The van der Waals surface area contributed by atoms with Crippen LogP contribution in [-0.2, 0) is 0 Å². The van der Waals surface area contributed by atoms with E-state index in [0.29, 0.717) is 21.2 Å². The average Bonchev–Trinajstić information content (AvgIpc) is 3.05. The summed E-state index contributed by atoms with van der Waals surface area (Å²) < 4.78 is 0. The first-order chi connectivity index (χ1) is 11.6. The molecule has 3 rings (SSSR count). The third-order valence-corrected chi connectivity index (χ3v) is 4.81. The Hall–Kier alpha value is -2.61. The lowest BCUT2D eigenvalue weighted by Gasteiger charge is -2.07. The molecule has 0 radical (unpaired) electrons. The van der Waals surface area contributed by atoms with Crippen LogP contribution in [-0.4, -0.2) is 5.91 Å². The highest BCUT2D eigenvalue weighted by molar-refractivity contribution is 7.12. The fourth-order valence-electron chi connectivity index (χ4n) is 2.32. The first-order valence-corrected chi connectivity index (χ1v) is 8.50. The van der Waals surface area contributed by atoms with E-state index >= 15 is 0 Å². The van der Waals surface area contributed by atoms with E-state index < -0.39 is 0 Å². The van der Waals surface area contributed by atoms with Crippen molar-refractivity contribution in [3.63, 3.8) is 0 Å². The Morgan fingerprint density at radius 2 is 1.92 bits per heavy atom. The van der Waals surface area contributed by atoms with Crippen LogP contribution in [0.25, 0.3) is 11.1 Å². The van der Waals surface area contributed by atoms with Crippen molar-refractivity contribution in [3.8, 4) is 17.2 Å². The molecule has 0 unspecified atom stereocenters. The second-order valence-electron chi connectivity index (χ2n) is 5.29. The van der Waals surface area contributed by atoms with Crippen molar-refractivity contribution in [2.45, 2.75) is 6.92 Å². The number of nitrogens with zero attached hydrogens (tertiary/aromatic N) is 1. The fraction of sp³-hybridized carbons (Fsp3) is 0.0526. The molecule has 5 heteroatoms. The summed E-state index contributed by atoms with van der Waals surface area (Å²) in [7, 11) is 0. The third kappa shape index (κ3) is 3.33. The molecule has 0 fully saturated rings. The van der Waals surface area contributed by atoms with Gasteiger partial charge in [-0.1, -0.05) is 41.4 Å². The summed E-state index contributed by atoms with van der Waals surface area (Å²) in [6.45, 7) is 2.03. The van der Waals surface area contributed by atoms with E-state index in [1.807, 2.05) is 48.7 Å². The lowest BCUT2D eigenvalue weighted by Crippen LogP contribution is -2.11. The van der Waals surface area contributed by atoms with Gasteiger partial charge >= 0.3 is 0 Å². The van der Waals surface area contributed by atoms with Crippen molar-refractivity contribution in [1.82, 2.24) is 0 Å². The van der Waals surface area contributed by atoms with Crippen LogP contribution < -0.4 is 5.32 Å². The number of carbonyl (C=O) groups excluding carboxylic acids is 1. The first-order valence-electron chi connectivity index (χ1n) is 7.24. The van der Waals surface area contributed by atoms with Crippen LogP contribution >= 0.6 is 22.9 Å². The van der Waals surface area contributed by atoms with Crippen molar-refractivity contribution >= 4 is 34.5 Å². The van der Waals surface area contributed by atoms with Gasteiger partial charge < -0.3 is 5.32 Å². The average molecular weight is 353 g/mol.